The van der Waals surface area contributed by atoms with E-state index in [2.05, 4.69) is 10.4 Å². The van der Waals surface area contributed by atoms with Gasteiger partial charge in [0, 0.05) is 11.8 Å². The number of nitro benzene ring substituents is 1. The highest BCUT2D eigenvalue weighted by Crippen LogP contribution is 2.28. The van der Waals surface area contributed by atoms with Crippen molar-refractivity contribution in [3.8, 4) is 5.69 Å². The molecule has 0 aliphatic carbocycles. The van der Waals surface area contributed by atoms with Crippen molar-refractivity contribution in [3.05, 3.63) is 87.7 Å². The summed E-state index contributed by atoms with van der Waals surface area (Å²) in [7, 11) is 0. The fourth-order valence-electron chi connectivity index (χ4n) is 3.31. The SMILES string of the molecule is Cc1cc(C(=O)NC(CC(=O)OC(C)C)c2ccccc2[N+](=O)[O-])nn1-c1ccccc1. The van der Waals surface area contributed by atoms with E-state index in [0.717, 1.165) is 11.4 Å². The Morgan fingerprint density at radius 2 is 1.78 bits per heavy atom. The van der Waals surface area contributed by atoms with Crippen molar-refractivity contribution >= 4 is 17.6 Å². The van der Waals surface area contributed by atoms with Gasteiger partial charge in [0.25, 0.3) is 11.6 Å². The van der Waals surface area contributed by atoms with Gasteiger partial charge in [0.2, 0.25) is 0 Å². The normalized spacial score (nSPS) is 11.8. The van der Waals surface area contributed by atoms with Gasteiger partial charge in [0.05, 0.1) is 34.7 Å². The Kier molecular flexibility index (Phi) is 6.99. The lowest BCUT2D eigenvalue weighted by molar-refractivity contribution is -0.385. The fourth-order valence-corrected chi connectivity index (χ4v) is 3.31. The monoisotopic (exact) mass is 436 g/mol. The third kappa shape index (κ3) is 5.37. The number of aryl methyl sites for hydroxylation is 1. The number of carbonyl (C=O) groups excluding carboxylic acids is 2. The second kappa shape index (κ2) is 9.86. The van der Waals surface area contributed by atoms with Gasteiger partial charge in [0.15, 0.2) is 5.69 Å². The number of nitro groups is 1. The van der Waals surface area contributed by atoms with E-state index in [4.69, 9.17) is 4.74 Å². The van der Waals surface area contributed by atoms with E-state index in [9.17, 15) is 19.7 Å². The molecule has 32 heavy (non-hydrogen) atoms. The Morgan fingerprint density at radius 1 is 1.12 bits per heavy atom. The van der Waals surface area contributed by atoms with Crippen LogP contribution in [0.3, 0.4) is 0 Å². The first-order valence-electron chi connectivity index (χ1n) is 10.1. The Morgan fingerprint density at radius 3 is 2.44 bits per heavy atom. The van der Waals surface area contributed by atoms with E-state index in [0.29, 0.717) is 0 Å². The van der Waals surface area contributed by atoms with Gasteiger partial charge in [-0.05, 0) is 39.0 Å². The number of hydrogen-bond acceptors (Lipinski definition) is 6. The minimum absolute atomic E-state index is 0.132. The lowest BCUT2D eigenvalue weighted by atomic mass is 10.0. The summed E-state index contributed by atoms with van der Waals surface area (Å²) in [4.78, 5) is 36.3. The van der Waals surface area contributed by atoms with Crippen molar-refractivity contribution in [2.45, 2.75) is 39.3 Å². The smallest absolute Gasteiger partial charge is 0.308 e. The number of nitrogens with zero attached hydrogens (tertiary/aromatic N) is 3. The summed E-state index contributed by atoms with van der Waals surface area (Å²) in [6.07, 6.45) is -0.610. The average molecular weight is 436 g/mol. The Bertz CT molecular complexity index is 1120. The zero-order chi connectivity index (χ0) is 23.3. The highest BCUT2D eigenvalue weighted by atomic mass is 16.6. The van der Waals surface area contributed by atoms with Crippen molar-refractivity contribution < 1.29 is 19.2 Å². The van der Waals surface area contributed by atoms with Gasteiger partial charge in [-0.15, -0.1) is 0 Å². The van der Waals surface area contributed by atoms with Crippen LogP contribution in [0.5, 0.6) is 0 Å². The Balaban J connectivity index is 1.90. The van der Waals surface area contributed by atoms with Gasteiger partial charge < -0.3 is 10.1 Å². The van der Waals surface area contributed by atoms with E-state index >= 15 is 0 Å². The quantitative estimate of drug-likeness (QED) is 0.325. The summed E-state index contributed by atoms with van der Waals surface area (Å²) in [6, 6.07) is 16.0. The van der Waals surface area contributed by atoms with E-state index in [1.54, 1.807) is 30.7 Å². The molecular weight excluding hydrogens is 412 g/mol. The highest BCUT2D eigenvalue weighted by molar-refractivity contribution is 5.93. The third-order valence-electron chi connectivity index (χ3n) is 4.67. The second-order valence-corrected chi connectivity index (χ2v) is 7.50. The molecule has 1 aromatic heterocycles. The molecule has 1 heterocycles. The third-order valence-corrected chi connectivity index (χ3v) is 4.67. The molecule has 2 aromatic carbocycles. The van der Waals surface area contributed by atoms with E-state index in [1.807, 2.05) is 37.3 Å². The minimum Gasteiger partial charge on any atom is -0.463 e. The van der Waals surface area contributed by atoms with Crippen LogP contribution < -0.4 is 5.32 Å². The van der Waals surface area contributed by atoms with Crippen molar-refractivity contribution in [3.63, 3.8) is 0 Å². The molecule has 0 aliphatic heterocycles. The van der Waals surface area contributed by atoms with Gasteiger partial charge in [-0.3, -0.25) is 19.7 Å². The molecule has 166 valence electrons. The number of benzene rings is 2. The maximum absolute atomic E-state index is 13.0. The van der Waals surface area contributed by atoms with E-state index in [-0.39, 0.29) is 29.5 Å². The highest BCUT2D eigenvalue weighted by Gasteiger charge is 2.28. The predicted octanol–water partition coefficient (Wildman–Crippen LogP) is 3.90. The maximum Gasteiger partial charge on any atom is 0.308 e. The molecule has 0 radical (unpaired) electrons. The summed E-state index contributed by atoms with van der Waals surface area (Å²) in [5.41, 5.74) is 1.68. The molecule has 0 aliphatic rings. The molecule has 0 bridgehead atoms. The molecule has 3 rings (SSSR count). The van der Waals surface area contributed by atoms with Crippen LogP contribution in [-0.4, -0.2) is 32.7 Å². The zero-order valence-electron chi connectivity index (χ0n) is 18.0. The fraction of sp³-hybridized carbons (Fsp3) is 0.261. The minimum atomic E-state index is -0.961. The van der Waals surface area contributed by atoms with Gasteiger partial charge in [-0.1, -0.05) is 36.4 Å². The molecule has 9 nitrogen and oxygen atoms in total. The molecule has 9 heteroatoms. The molecule has 1 N–H and O–H groups in total. The van der Waals surface area contributed by atoms with Crippen LogP contribution >= 0.6 is 0 Å². The van der Waals surface area contributed by atoms with Crippen LogP contribution in [0.15, 0.2) is 60.7 Å². The van der Waals surface area contributed by atoms with Crippen LogP contribution in [0, 0.1) is 17.0 Å². The number of ether oxygens (including phenoxy) is 1. The van der Waals surface area contributed by atoms with Gasteiger partial charge in [-0.25, -0.2) is 4.68 Å². The molecule has 1 amide bonds. The number of amides is 1. The molecular formula is C23H24N4O5. The van der Waals surface area contributed by atoms with Gasteiger partial charge >= 0.3 is 5.97 Å². The summed E-state index contributed by atoms with van der Waals surface area (Å²) in [6.45, 7) is 5.22. The maximum atomic E-state index is 13.0. The summed E-state index contributed by atoms with van der Waals surface area (Å²) >= 11 is 0. The molecule has 0 spiro atoms. The average Bonchev–Trinajstić information content (AvgIpc) is 3.15. The van der Waals surface area contributed by atoms with E-state index in [1.165, 1.54) is 18.2 Å². The molecule has 1 atom stereocenters. The van der Waals surface area contributed by atoms with Crippen LogP contribution in [0.25, 0.3) is 5.69 Å². The largest absolute Gasteiger partial charge is 0.463 e. The molecule has 0 saturated heterocycles. The molecule has 1 unspecified atom stereocenters. The summed E-state index contributed by atoms with van der Waals surface area (Å²) < 4.78 is 6.82. The van der Waals surface area contributed by atoms with Crippen LogP contribution in [0.2, 0.25) is 0 Å². The number of nitrogens with one attached hydrogen (secondary N) is 1. The van der Waals surface area contributed by atoms with Crippen molar-refractivity contribution in [1.82, 2.24) is 15.1 Å². The molecule has 0 saturated carbocycles. The zero-order valence-corrected chi connectivity index (χ0v) is 18.0. The first-order chi connectivity index (χ1) is 15.3. The van der Waals surface area contributed by atoms with E-state index < -0.39 is 22.8 Å². The predicted molar refractivity (Wildman–Crippen MR) is 117 cm³/mol. The number of aromatic nitrogens is 2. The number of carbonyl (C=O) groups is 2. The molecule has 0 fully saturated rings. The number of para-hydroxylation sites is 2. The van der Waals surface area contributed by atoms with Crippen molar-refractivity contribution in [2.75, 3.05) is 0 Å². The van der Waals surface area contributed by atoms with Crippen LogP contribution in [0.1, 0.15) is 48.1 Å². The number of esters is 1. The number of hydrogen-bond donors (Lipinski definition) is 1. The number of rotatable bonds is 8. The van der Waals surface area contributed by atoms with Crippen LogP contribution in [0.4, 0.5) is 5.69 Å². The Labute approximate surface area is 185 Å². The van der Waals surface area contributed by atoms with Gasteiger partial charge in [0.1, 0.15) is 0 Å². The first-order valence-corrected chi connectivity index (χ1v) is 10.1. The standard InChI is InChI=1S/C23H24N4O5/c1-15(2)32-22(28)14-19(18-11-7-8-12-21(18)27(30)31)24-23(29)20-13-16(3)26(25-20)17-9-5-4-6-10-17/h4-13,15,19H,14H2,1-3H3,(H,24,29). The lowest BCUT2D eigenvalue weighted by Gasteiger charge is -2.19. The summed E-state index contributed by atoms with van der Waals surface area (Å²) in [5.74, 6) is -1.13. The van der Waals surface area contributed by atoms with Crippen molar-refractivity contribution in [2.24, 2.45) is 0 Å². The van der Waals surface area contributed by atoms with Crippen LogP contribution in [-0.2, 0) is 9.53 Å². The first kappa shape index (κ1) is 22.7. The summed E-state index contributed by atoms with van der Waals surface area (Å²) in [5, 5.41) is 18.6. The molecule has 3 aromatic rings. The Hall–Kier alpha value is -4.01. The van der Waals surface area contributed by atoms with Gasteiger partial charge in [-0.2, -0.15) is 5.10 Å². The lowest BCUT2D eigenvalue weighted by Crippen LogP contribution is -2.32. The second-order valence-electron chi connectivity index (χ2n) is 7.50. The topological polar surface area (TPSA) is 116 Å². The van der Waals surface area contributed by atoms with Crippen molar-refractivity contribution in [1.29, 1.82) is 0 Å².